The molecule has 0 aromatic rings. The molecule has 0 aromatic carbocycles. The molecule has 1 fully saturated rings. The van der Waals surface area contributed by atoms with E-state index < -0.39 is 0 Å². The number of hydrogen-bond acceptors (Lipinski definition) is 1. The first-order valence-corrected chi connectivity index (χ1v) is 2.59. The smallest absolute Gasteiger partial charge is 0.131 e. The number of hydrogen-bond donors (Lipinski definition) is 0. The second-order valence-electron chi connectivity index (χ2n) is 1.42. The molecule has 0 aliphatic carbocycles. The molecule has 0 N–H and O–H groups in total. The van der Waals surface area contributed by atoms with E-state index in [1.54, 1.807) is 0 Å². The summed E-state index contributed by atoms with van der Waals surface area (Å²) in [5.74, 6) is 0. The van der Waals surface area contributed by atoms with Gasteiger partial charge in [0.2, 0.25) is 0 Å². The first-order valence-electron chi connectivity index (χ1n) is 2.15. The van der Waals surface area contributed by atoms with Gasteiger partial charge in [-0.3, -0.25) is 0 Å². The number of ether oxygens (including phenoxy) is 1. The summed E-state index contributed by atoms with van der Waals surface area (Å²) in [5, 5.41) is 0. The van der Waals surface area contributed by atoms with Gasteiger partial charge in [-0.05, 0) is 12.8 Å². The molecule has 1 atom stereocenters. The van der Waals surface area contributed by atoms with Crippen LogP contribution in [0.5, 0.6) is 0 Å². The largest absolute Gasteiger partial charge is 0.362 e. The van der Waals surface area contributed by atoms with Crippen LogP contribution in [0.2, 0.25) is 0 Å². The normalized spacial score (nSPS) is 29.6. The zero-order valence-electron chi connectivity index (χ0n) is 3.89. The van der Waals surface area contributed by atoms with Crippen LogP contribution < -0.4 is 0 Å². The Bertz CT molecular complexity index is 45.0. The van der Waals surface area contributed by atoms with Gasteiger partial charge in [-0.2, -0.15) is 0 Å². The molecule has 0 saturated carbocycles. The zero-order valence-corrected chi connectivity index (χ0v) is 5.92. The van der Waals surface area contributed by atoms with Crippen molar-refractivity contribution in [1.82, 2.24) is 0 Å². The van der Waals surface area contributed by atoms with Crippen molar-refractivity contribution in [1.29, 1.82) is 0 Å². The fourth-order valence-corrected chi connectivity index (χ4v) is 0.782. The van der Waals surface area contributed by atoms with Gasteiger partial charge in [0.15, 0.2) is 0 Å². The minimum atomic E-state index is 0. The van der Waals surface area contributed by atoms with E-state index in [0.717, 1.165) is 19.4 Å². The molecular formula is C4H7ClCrO. The van der Waals surface area contributed by atoms with Gasteiger partial charge in [0.1, 0.15) is 5.56 Å². The third-order valence-electron chi connectivity index (χ3n) is 0.874. The quantitative estimate of drug-likeness (QED) is 0.484. The predicted molar refractivity (Wildman–Crippen MR) is 24.8 cm³/mol. The van der Waals surface area contributed by atoms with E-state index in [0.29, 0.717) is 0 Å². The molecule has 3 heteroatoms. The molecule has 0 aromatic heterocycles. The average Bonchev–Trinajstić information content (AvgIpc) is 1.86. The summed E-state index contributed by atoms with van der Waals surface area (Å²) in [5.41, 5.74) is 0.0185. The summed E-state index contributed by atoms with van der Waals surface area (Å²) in [6, 6.07) is 0. The van der Waals surface area contributed by atoms with Crippen LogP contribution in [0, 0.1) is 0 Å². The Morgan fingerprint density at radius 3 is 2.43 bits per heavy atom. The topological polar surface area (TPSA) is 9.23 Å². The van der Waals surface area contributed by atoms with Crippen molar-refractivity contribution >= 4 is 11.6 Å². The van der Waals surface area contributed by atoms with Gasteiger partial charge >= 0.3 is 0 Å². The van der Waals surface area contributed by atoms with Crippen molar-refractivity contribution in [3.63, 3.8) is 0 Å². The van der Waals surface area contributed by atoms with Crippen LogP contribution in [0.1, 0.15) is 12.8 Å². The molecule has 7 heavy (non-hydrogen) atoms. The maximum Gasteiger partial charge on any atom is 0.131 e. The molecule has 1 rings (SSSR count). The molecule has 1 unspecified atom stereocenters. The van der Waals surface area contributed by atoms with Crippen molar-refractivity contribution in [2.24, 2.45) is 0 Å². The van der Waals surface area contributed by atoms with Crippen LogP contribution in [-0.4, -0.2) is 12.2 Å². The van der Waals surface area contributed by atoms with Crippen molar-refractivity contribution < 1.29 is 22.1 Å². The summed E-state index contributed by atoms with van der Waals surface area (Å²) in [6.45, 7) is 0.855. The van der Waals surface area contributed by atoms with Gasteiger partial charge in [0.25, 0.3) is 0 Å². The summed E-state index contributed by atoms with van der Waals surface area (Å²) >= 11 is 5.49. The maximum absolute atomic E-state index is 5.49. The molecule has 0 bridgehead atoms. The second kappa shape index (κ2) is 3.74. The van der Waals surface area contributed by atoms with Crippen LogP contribution in [-0.2, 0) is 22.1 Å². The third-order valence-corrected chi connectivity index (χ3v) is 1.22. The van der Waals surface area contributed by atoms with Crippen molar-refractivity contribution in [3.05, 3.63) is 0 Å². The Labute approximate surface area is 59.1 Å². The number of rotatable bonds is 0. The minimum absolute atomic E-state index is 0. The van der Waals surface area contributed by atoms with Gasteiger partial charge in [0.05, 0.1) is 0 Å². The molecule has 1 heterocycles. The molecule has 1 aliphatic rings. The summed E-state index contributed by atoms with van der Waals surface area (Å²) in [4.78, 5) is 0. The minimum Gasteiger partial charge on any atom is -0.362 e. The van der Waals surface area contributed by atoms with E-state index in [1.165, 1.54) is 0 Å². The molecule has 42 valence electrons. The Hall–Kier alpha value is 0.782. The van der Waals surface area contributed by atoms with E-state index in [4.69, 9.17) is 16.3 Å². The predicted octanol–water partition coefficient (Wildman–Crippen LogP) is 1.36. The standard InChI is InChI=1S/C4H7ClO.Cr/c5-4-2-1-3-6-4;/h4H,1-3H2;. The van der Waals surface area contributed by atoms with Gasteiger partial charge in [-0.25, -0.2) is 0 Å². The second-order valence-corrected chi connectivity index (χ2v) is 1.91. The Kier molecular flexibility index (Phi) is 4.16. The summed E-state index contributed by atoms with van der Waals surface area (Å²) in [6.07, 6.45) is 2.16. The summed E-state index contributed by atoms with van der Waals surface area (Å²) in [7, 11) is 0. The fourth-order valence-electron chi connectivity index (χ4n) is 0.538. The first-order chi connectivity index (χ1) is 2.89. The number of halogens is 1. The fraction of sp³-hybridized carbons (Fsp3) is 1.00. The molecule has 1 aliphatic heterocycles. The van der Waals surface area contributed by atoms with Crippen molar-refractivity contribution in [2.75, 3.05) is 6.61 Å². The van der Waals surface area contributed by atoms with E-state index >= 15 is 0 Å². The van der Waals surface area contributed by atoms with Gasteiger partial charge < -0.3 is 4.74 Å². The van der Waals surface area contributed by atoms with Crippen molar-refractivity contribution in [3.8, 4) is 0 Å². The van der Waals surface area contributed by atoms with Crippen LogP contribution in [0.15, 0.2) is 0 Å². The average molecular weight is 159 g/mol. The van der Waals surface area contributed by atoms with E-state index in [2.05, 4.69) is 0 Å². The SMILES string of the molecule is ClC1CCCO1.[Cr]. The zero-order chi connectivity index (χ0) is 4.41. The summed E-state index contributed by atoms with van der Waals surface area (Å²) < 4.78 is 4.92. The molecule has 1 nitrogen and oxygen atoms in total. The van der Waals surface area contributed by atoms with Crippen LogP contribution in [0.25, 0.3) is 0 Å². The van der Waals surface area contributed by atoms with Gasteiger partial charge in [-0.15, -0.1) is 0 Å². The van der Waals surface area contributed by atoms with Gasteiger partial charge in [0, 0.05) is 24.0 Å². The molecule has 0 amide bonds. The van der Waals surface area contributed by atoms with E-state index in [-0.39, 0.29) is 22.9 Å². The molecule has 1 saturated heterocycles. The molecular weight excluding hydrogens is 151 g/mol. The van der Waals surface area contributed by atoms with Crippen LogP contribution in [0.3, 0.4) is 0 Å². The van der Waals surface area contributed by atoms with Crippen LogP contribution >= 0.6 is 11.6 Å². The van der Waals surface area contributed by atoms with Crippen molar-refractivity contribution in [2.45, 2.75) is 18.4 Å². The number of alkyl halides is 1. The Morgan fingerprint density at radius 1 is 1.57 bits per heavy atom. The van der Waals surface area contributed by atoms with Crippen LogP contribution in [0.4, 0.5) is 0 Å². The Balaban J connectivity index is 0.000000360. The molecule has 0 radical (unpaired) electrons. The first kappa shape index (κ1) is 7.78. The third kappa shape index (κ3) is 2.56. The van der Waals surface area contributed by atoms with Gasteiger partial charge in [-0.1, -0.05) is 11.6 Å². The maximum atomic E-state index is 5.49. The Morgan fingerprint density at radius 2 is 2.29 bits per heavy atom. The molecule has 0 spiro atoms. The van der Waals surface area contributed by atoms with E-state index in [9.17, 15) is 0 Å². The van der Waals surface area contributed by atoms with E-state index in [1.807, 2.05) is 0 Å². The monoisotopic (exact) mass is 158 g/mol.